The summed E-state index contributed by atoms with van der Waals surface area (Å²) in [5, 5.41) is 0. The molecule has 23 heavy (non-hydrogen) atoms. The molecule has 0 bridgehead atoms. The van der Waals surface area contributed by atoms with E-state index in [4.69, 9.17) is 0 Å². The average molecular weight is 311 g/mol. The average Bonchev–Trinajstić information content (AvgIpc) is 2.46. The maximum atomic E-state index is 2.36. The van der Waals surface area contributed by atoms with Crippen LogP contribution in [0.4, 0.5) is 0 Å². The standard InChI is InChI=1S/C22H32N/c1-9-22(6,7)17-10-12-19(16(2)14-17)20-13-11-18(15-23(20)8)21(3,4)5/h10-15H,9H2,1-8H3/q+1. The molecule has 0 N–H and O–H groups in total. The summed E-state index contributed by atoms with van der Waals surface area (Å²) in [5.74, 6) is 0. The van der Waals surface area contributed by atoms with Gasteiger partial charge in [-0.3, -0.25) is 0 Å². The Bertz CT molecular complexity index is 702. The topological polar surface area (TPSA) is 3.88 Å². The quantitative estimate of drug-likeness (QED) is 0.662. The van der Waals surface area contributed by atoms with Crippen LogP contribution in [0.25, 0.3) is 11.3 Å². The zero-order valence-corrected chi connectivity index (χ0v) is 16.1. The van der Waals surface area contributed by atoms with Crippen molar-refractivity contribution >= 4 is 0 Å². The van der Waals surface area contributed by atoms with Gasteiger partial charge in [0.25, 0.3) is 0 Å². The molecule has 2 aromatic rings. The van der Waals surface area contributed by atoms with Gasteiger partial charge in [-0.2, -0.15) is 0 Å². The summed E-state index contributed by atoms with van der Waals surface area (Å²) in [6.45, 7) is 15.9. The molecule has 1 heterocycles. The smallest absolute Gasteiger partial charge is 0.201 e. The fourth-order valence-electron chi connectivity index (χ4n) is 2.91. The monoisotopic (exact) mass is 310 g/mol. The Morgan fingerprint density at radius 1 is 0.913 bits per heavy atom. The summed E-state index contributed by atoms with van der Waals surface area (Å²) in [6.07, 6.45) is 3.42. The first-order valence-corrected chi connectivity index (χ1v) is 8.68. The highest BCUT2D eigenvalue weighted by Crippen LogP contribution is 2.31. The Labute approximate surface area is 142 Å². The van der Waals surface area contributed by atoms with Crippen LogP contribution < -0.4 is 4.57 Å². The third-order valence-electron chi connectivity index (χ3n) is 5.17. The van der Waals surface area contributed by atoms with E-state index in [1.807, 2.05) is 0 Å². The number of hydrogen-bond donors (Lipinski definition) is 0. The van der Waals surface area contributed by atoms with Crippen molar-refractivity contribution in [2.45, 2.75) is 65.7 Å². The molecule has 0 spiro atoms. The number of pyridine rings is 1. The van der Waals surface area contributed by atoms with Gasteiger partial charge < -0.3 is 0 Å². The molecular weight excluding hydrogens is 278 g/mol. The fourth-order valence-corrected chi connectivity index (χ4v) is 2.91. The number of aryl methyl sites for hydroxylation is 2. The normalized spacial score (nSPS) is 12.5. The molecule has 0 fully saturated rings. The minimum atomic E-state index is 0.181. The molecule has 2 rings (SSSR count). The molecule has 0 aliphatic rings. The predicted molar refractivity (Wildman–Crippen MR) is 99.8 cm³/mol. The summed E-state index contributed by atoms with van der Waals surface area (Å²) in [5.41, 5.74) is 7.16. The van der Waals surface area contributed by atoms with Crippen LogP contribution in [-0.4, -0.2) is 0 Å². The van der Waals surface area contributed by atoms with E-state index in [1.54, 1.807) is 0 Å². The molecule has 1 aromatic carbocycles. The van der Waals surface area contributed by atoms with Gasteiger partial charge in [-0.1, -0.05) is 53.7 Å². The third kappa shape index (κ3) is 3.65. The second-order valence-corrected chi connectivity index (χ2v) is 8.43. The van der Waals surface area contributed by atoms with E-state index >= 15 is 0 Å². The van der Waals surface area contributed by atoms with Crippen molar-refractivity contribution < 1.29 is 4.57 Å². The molecule has 0 aliphatic heterocycles. The second kappa shape index (κ2) is 6.11. The minimum Gasteiger partial charge on any atom is -0.201 e. The second-order valence-electron chi connectivity index (χ2n) is 8.43. The van der Waals surface area contributed by atoms with Crippen LogP contribution in [0.1, 0.15) is 64.7 Å². The van der Waals surface area contributed by atoms with E-state index in [1.165, 1.54) is 27.9 Å². The summed E-state index contributed by atoms with van der Waals surface area (Å²) in [4.78, 5) is 0. The van der Waals surface area contributed by atoms with Crippen molar-refractivity contribution in [3.63, 3.8) is 0 Å². The molecule has 0 amide bonds. The third-order valence-corrected chi connectivity index (χ3v) is 5.17. The van der Waals surface area contributed by atoms with Crippen LogP contribution in [0.15, 0.2) is 36.5 Å². The Hall–Kier alpha value is -1.63. The van der Waals surface area contributed by atoms with E-state index in [9.17, 15) is 0 Å². The van der Waals surface area contributed by atoms with E-state index in [-0.39, 0.29) is 10.8 Å². The highest BCUT2D eigenvalue weighted by molar-refractivity contribution is 5.62. The van der Waals surface area contributed by atoms with Crippen molar-refractivity contribution in [1.29, 1.82) is 0 Å². The summed E-state index contributed by atoms with van der Waals surface area (Å²) < 4.78 is 2.26. The maximum Gasteiger partial charge on any atom is 0.212 e. The number of nitrogens with zero attached hydrogens (tertiary/aromatic N) is 1. The number of aromatic nitrogens is 1. The van der Waals surface area contributed by atoms with Gasteiger partial charge in [-0.15, -0.1) is 0 Å². The first-order chi connectivity index (χ1) is 10.6. The van der Waals surface area contributed by atoms with Gasteiger partial charge in [0.05, 0.1) is 0 Å². The van der Waals surface area contributed by atoms with Crippen LogP contribution in [0.5, 0.6) is 0 Å². The van der Waals surface area contributed by atoms with Crippen molar-refractivity contribution in [2.24, 2.45) is 7.05 Å². The number of rotatable bonds is 3. The lowest BCUT2D eigenvalue weighted by Crippen LogP contribution is -2.33. The predicted octanol–water partition coefficient (Wildman–Crippen LogP) is 5.47. The maximum absolute atomic E-state index is 2.36. The molecule has 0 aliphatic carbocycles. The van der Waals surface area contributed by atoms with Crippen molar-refractivity contribution in [1.82, 2.24) is 0 Å². The first kappa shape index (κ1) is 17.7. The molecule has 0 unspecified atom stereocenters. The van der Waals surface area contributed by atoms with E-state index in [0.29, 0.717) is 0 Å². The lowest BCUT2D eigenvalue weighted by molar-refractivity contribution is -0.661. The molecule has 0 radical (unpaired) electrons. The van der Waals surface area contributed by atoms with Crippen LogP contribution >= 0.6 is 0 Å². The zero-order chi connectivity index (χ0) is 17.4. The molecule has 0 atom stereocenters. The summed E-state index contributed by atoms with van der Waals surface area (Å²) in [7, 11) is 2.15. The molecule has 124 valence electrons. The summed E-state index contributed by atoms with van der Waals surface area (Å²) in [6, 6.07) is 11.5. The lowest BCUT2D eigenvalue weighted by Gasteiger charge is -2.24. The van der Waals surface area contributed by atoms with Crippen LogP contribution in [0.3, 0.4) is 0 Å². The van der Waals surface area contributed by atoms with E-state index in [2.05, 4.69) is 96.6 Å². The van der Waals surface area contributed by atoms with Gasteiger partial charge in [-0.05, 0) is 47.4 Å². The Morgan fingerprint density at radius 2 is 1.52 bits per heavy atom. The first-order valence-electron chi connectivity index (χ1n) is 8.68. The SMILES string of the molecule is CCC(C)(C)c1ccc(-c2ccc(C(C)(C)C)c[n+]2C)c(C)c1. The van der Waals surface area contributed by atoms with E-state index < -0.39 is 0 Å². The highest BCUT2D eigenvalue weighted by atomic mass is 14.9. The molecule has 1 aromatic heterocycles. The molecular formula is C22H32N+. The van der Waals surface area contributed by atoms with E-state index in [0.717, 1.165) is 6.42 Å². The molecule has 1 heteroatoms. The lowest BCUT2D eigenvalue weighted by atomic mass is 9.81. The van der Waals surface area contributed by atoms with Crippen LogP contribution in [0.2, 0.25) is 0 Å². The molecule has 0 saturated heterocycles. The van der Waals surface area contributed by atoms with Crippen molar-refractivity contribution in [3.05, 3.63) is 53.2 Å². The fraction of sp³-hybridized carbons (Fsp3) is 0.500. The Kier molecular flexibility index (Phi) is 4.71. The van der Waals surface area contributed by atoms with Gasteiger partial charge in [0, 0.05) is 17.2 Å². The number of benzene rings is 1. The van der Waals surface area contributed by atoms with Crippen molar-refractivity contribution in [2.75, 3.05) is 0 Å². The minimum absolute atomic E-state index is 0.181. The van der Waals surface area contributed by atoms with Gasteiger partial charge in [-0.25, -0.2) is 4.57 Å². The van der Waals surface area contributed by atoms with Gasteiger partial charge >= 0.3 is 0 Å². The van der Waals surface area contributed by atoms with Gasteiger partial charge in [0.1, 0.15) is 7.05 Å². The Balaban J connectivity index is 2.48. The van der Waals surface area contributed by atoms with Crippen molar-refractivity contribution in [3.8, 4) is 11.3 Å². The Morgan fingerprint density at radius 3 is 2.00 bits per heavy atom. The van der Waals surface area contributed by atoms with Gasteiger partial charge in [0.2, 0.25) is 5.69 Å². The number of hydrogen-bond acceptors (Lipinski definition) is 0. The molecule has 1 nitrogen and oxygen atoms in total. The van der Waals surface area contributed by atoms with Crippen LogP contribution in [-0.2, 0) is 17.9 Å². The zero-order valence-electron chi connectivity index (χ0n) is 16.1. The summed E-state index contributed by atoms with van der Waals surface area (Å²) >= 11 is 0. The van der Waals surface area contributed by atoms with Gasteiger partial charge in [0.15, 0.2) is 6.20 Å². The molecule has 0 saturated carbocycles. The highest BCUT2D eigenvalue weighted by Gasteiger charge is 2.22. The largest absolute Gasteiger partial charge is 0.212 e. The van der Waals surface area contributed by atoms with Crippen LogP contribution in [0, 0.1) is 6.92 Å².